The van der Waals surface area contributed by atoms with Crippen LogP contribution in [0.3, 0.4) is 0 Å². The predicted molar refractivity (Wildman–Crippen MR) is 75.1 cm³/mol. The smallest absolute Gasteiger partial charge is 0.000930 e. The van der Waals surface area contributed by atoms with E-state index in [1.54, 1.807) is 11.1 Å². The highest BCUT2D eigenvalue weighted by atomic mass is 14.2. The van der Waals surface area contributed by atoms with Crippen molar-refractivity contribution in [1.29, 1.82) is 0 Å². The first-order valence-corrected chi connectivity index (χ1v) is 6.54. The second-order valence-corrected chi connectivity index (χ2v) is 5.45. The highest BCUT2D eigenvalue weighted by Gasteiger charge is 2.20. The number of rotatable bonds is 3. The summed E-state index contributed by atoms with van der Waals surface area (Å²) in [5, 5.41) is 0. The summed E-state index contributed by atoms with van der Waals surface area (Å²) in [5.74, 6) is 1.29. The Balaban J connectivity index is 2.05. The van der Waals surface area contributed by atoms with Gasteiger partial charge in [0.15, 0.2) is 0 Å². The van der Waals surface area contributed by atoms with E-state index < -0.39 is 0 Å². The second-order valence-electron chi connectivity index (χ2n) is 5.45. The van der Waals surface area contributed by atoms with Crippen molar-refractivity contribution in [3.63, 3.8) is 0 Å². The lowest BCUT2D eigenvalue weighted by molar-refractivity contribution is 0.647. The SMILES string of the molecule is Cc1ccc(CC2=CC=C(C(C)C)C2C)cc1. The average molecular weight is 226 g/mol. The lowest BCUT2D eigenvalue weighted by Gasteiger charge is -2.17. The van der Waals surface area contributed by atoms with Gasteiger partial charge in [0.1, 0.15) is 0 Å². The Bertz CT molecular complexity index is 443. The Kier molecular flexibility index (Phi) is 3.51. The molecular weight excluding hydrogens is 204 g/mol. The molecule has 0 heteroatoms. The van der Waals surface area contributed by atoms with E-state index in [0.29, 0.717) is 11.8 Å². The van der Waals surface area contributed by atoms with Gasteiger partial charge in [-0.25, -0.2) is 0 Å². The lowest BCUT2D eigenvalue weighted by atomic mass is 9.87. The number of allylic oxidation sites excluding steroid dienone is 4. The van der Waals surface area contributed by atoms with Gasteiger partial charge in [-0.05, 0) is 30.7 Å². The summed E-state index contributed by atoms with van der Waals surface area (Å²) in [6.07, 6.45) is 5.73. The fraction of sp³-hybridized carbons (Fsp3) is 0.412. The third-order valence-corrected chi connectivity index (χ3v) is 3.74. The van der Waals surface area contributed by atoms with Gasteiger partial charge in [0, 0.05) is 0 Å². The molecule has 0 bridgehead atoms. The third kappa shape index (κ3) is 2.69. The van der Waals surface area contributed by atoms with Crippen molar-refractivity contribution in [3.8, 4) is 0 Å². The number of benzene rings is 1. The maximum Gasteiger partial charge on any atom is -0.000930 e. The molecule has 1 atom stereocenters. The predicted octanol–water partition coefficient (Wildman–Crippen LogP) is 4.70. The molecule has 0 saturated heterocycles. The molecule has 1 unspecified atom stereocenters. The fourth-order valence-corrected chi connectivity index (χ4v) is 2.55. The quantitative estimate of drug-likeness (QED) is 0.701. The summed E-state index contributed by atoms with van der Waals surface area (Å²) >= 11 is 0. The van der Waals surface area contributed by atoms with Crippen molar-refractivity contribution in [2.75, 3.05) is 0 Å². The fourth-order valence-electron chi connectivity index (χ4n) is 2.55. The van der Waals surface area contributed by atoms with E-state index in [-0.39, 0.29) is 0 Å². The molecule has 90 valence electrons. The van der Waals surface area contributed by atoms with E-state index >= 15 is 0 Å². The van der Waals surface area contributed by atoms with Crippen LogP contribution < -0.4 is 0 Å². The Morgan fingerprint density at radius 2 is 1.71 bits per heavy atom. The van der Waals surface area contributed by atoms with Crippen LogP contribution in [0.15, 0.2) is 47.6 Å². The molecule has 0 N–H and O–H groups in total. The van der Waals surface area contributed by atoms with Crippen LogP contribution in [0.5, 0.6) is 0 Å². The minimum absolute atomic E-state index is 0.622. The Morgan fingerprint density at radius 1 is 1.06 bits per heavy atom. The largest absolute Gasteiger partial charge is 0.0622 e. The first-order valence-electron chi connectivity index (χ1n) is 6.54. The molecule has 17 heavy (non-hydrogen) atoms. The summed E-state index contributed by atoms with van der Waals surface area (Å²) in [6.45, 7) is 9.04. The molecule has 0 aromatic heterocycles. The number of hydrogen-bond donors (Lipinski definition) is 0. The molecule has 0 radical (unpaired) electrons. The molecule has 0 amide bonds. The van der Waals surface area contributed by atoms with Gasteiger partial charge in [-0.3, -0.25) is 0 Å². The maximum absolute atomic E-state index is 2.33. The maximum atomic E-state index is 2.33. The van der Waals surface area contributed by atoms with Crippen molar-refractivity contribution < 1.29 is 0 Å². The van der Waals surface area contributed by atoms with Crippen molar-refractivity contribution >= 4 is 0 Å². The van der Waals surface area contributed by atoms with Gasteiger partial charge in [-0.1, -0.05) is 73.9 Å². The van der Waals surface area contributed by atoms with Crippen LogP contribution in [-0.2, 0) is 6.42 Å². The summed E-state index contributed by atoms with van der Waals surface area (Å²) in [6, 6.07) is 8.89. The molecule has 1 aromatic carbocycles. The molecule has 1 aliphatic rings. The third-order valence-electron chi connectivity index (χ3n) is 3.74. The van der Waals surface area contributed by atoms with Gasteiger partial charge < -0.3 is 0 Å². The van der Waals surface area contributed by atoms with Crippen LogP contribution in [-0.4, -0.2) is 0 Å². The normalized spacial score (nSPS) is 19.5. The van der Waals surface area contributed by atoms with Crippen molar-refractivity contribution in [2.24, 2.45) is 11.8 Å². The van der Waals surface area contributed by atoms with Gasteiger partial charge in [0.25, 0.3) is 0 Å². The van der Waals surface area contributed by atoms with E-state index in [1.165, 1.54) is 11.1 Å². The van der Waals surface area contributed by atoms with Crippen LogP contribution in [0, 0.1) is 18.8 Å². The summed E-state index contributed by atoms with van der Waals surface area (Å²) < 4.78 is 0. The Hall–Kier alpha value is -1.30. The van der Waals surface area contributed by atoms with E-state index in [2.05, 4.69) is 64.1 Å². The molecule has 0 fully saturated rings. The molecule has 0 spiro atoms. The van der Waals surface area contributed by atoms with E-state index in [9.17, 15) is 0 Å². The average Bonchev–Trinajstić information content (AvgIpc) is 2.64. The molecule has 1 aliphatic carbocycles. The number of aryl methyl sites for hydroxylation is 1. The number of hydrogen-bond acceptors (Lipinski definition) is 0. The van der Waals surface area contributed by atoms with Crippen molar-refractivity contribution in [1.82, 2.24) is 0 Å². The van der Waals surface area contributed by atoms with Gasteiger partial charge in [0.05, 0.1) is 0 Å². The van der Waals surface area contributed by atoms with E-state index in [0.717, 1.165) is 6.42 Å². The Morgan fingerprint density at radius 3 is 2.24 bits per heavy atom. The molecular formula is C17H22. The summed E-state index contributed by atoms with van der Waals surface area (Å²) in [4.78, 5) is 0. The zero-order chi connectivity index (χ0) is 12.4. The highest BCUT2D eigenvalue weighted by Crippen LogP contribution is 2.33. The highest BCUT2D eigenvalue weighted by molar-refractivity contribution is 5.38. The summed E-state index contributed by atoms with van der Waals surface area (Å²) in [5.41, 5.74) is 5.89. The minimum Gasteiger partial charge on any atom is -0.0622 e. The zero-order valence-corrected chi connectivity index (χ0v) is 11.3. The van der Waals surface area contributed by atoms with Crippen LogP contribution in [0.25, 0.3) is 0 Å². The second kappa shape index (κ2) is 4.91. The van der Waals surface area contributed by atoms with E-state index in [4.69, 9.17) is 0 Å². The van der Waals surface area contributed by atoms with Gasteiger partial charge in [-0.15, -0.1) is 0 Å². The summed E-state index contributed by atoms with van der Waals surface area (Å²) in [7, 11) is 0. The molecule has 1 aromatic rings. The van der Waals surface area contributed by atoms with E-state index in [1.807, 2.05) is 0 Å². The standard InChI is InChI=1S/C17H22/c1-12(2)17-10-9-16(14(17)4)11-15-7-5-13(3)6-8-15/h5-10,12,14H,11H2,1-4H3. The first kappa shape index (κ1) is 12.2. The molecule has 0 nitrogen and oxygen atoms in total. The van der Waals surface area contributed by atoms with Crippen LogP contribution in [0.2, 0.25) is 0 Å². The van der Waals surface area contributed by atoms with Crippen LogP contribution in [0.1, 0.15) is 31.9 Å². The molecule has 0 saturated carbocycles. The van der Waals surface area contributed by atoms with Gasteiger partial charge >= 0.3 is 0 Å². The topological polar surface area (TPSA) is 0 Å². The molecule has 0 heterocycles. The monoisotopic (exact) mass is 226 g/mol. The zero-order valence-electron chi connectivity index (χ0n) is 11.3. The van der Waals surface area contributed by atoms with Crippen LogP contribution >= 0.6 is 0 Å². The van der Waals surface area contributed by atoms with Crippen LogP contribution in [0.4, 0.5) is 0 Å². The van der Waals surface area contributed by atoms with Gasteiger partial charge in [-0.2, -0.15) is 0 Å². The molecule has 0 aliphatic heterocycles. The first-order chi connectivity index (χ1) is 8.08. The Labute approximate surface area is 105 Å². The lowest BCUT2D eigenvalue weighted by Crippen LogP contribution is -2.06. The minimum atomic E-state index is 0.622. The van der Waals surface area contributed by atoms with Crippen molar-refractivity contribution in [3.05, 3.63) is 58.7 Å². The van der Waals surface area contributed by atoms with Gasteiger partial charge in [0.2, 0.25) is 0 Å². The molecule has 2 rings (SSSR count). The van der Waals surface area contributed by atoms with Crippen molar-refractivity contribution in [2.45, 2.75) is 34.1 Å².